The van der Waals surface area contributed by atoms with Gasteiger partial charge < -0.3 is 10.1 Å². The molecule has 20 heavy (non-hydrogen) atoms. The van der Waals surface area contributed by atoms with E-state index in [9.17, 15) is 4.79 Å². The maximum absolute atomic E-state index is 11.4. The van der Waals surface area contributed by atoms with Crippen LogP contribution in [0, 0.1) is 29.6 Å². The first-order valence-electron chi connectivity index (χ1n) is 5.64. The van der Waals surface area contributed by atoms with Crippen LogP contribution in [0.2, 0.25) is 0 Å². The van der Waals surface area contributed by atoms with Crippen molar-refractivity contribution in [1.82, 2.24) is 0 Å². The lowest BCUT2D eigenvalue weighted by Gasteiger charge is -2.09. The average Bonchev–Trinajstić information content (AvgIpc) is 2.43. The van der Waals surface area contributed by atoms with Gasteiger partial charge in [-0.3, -0.25) is 10.2 Å². The predicted molar refractivity (Wildman–Crippen MR) is 74.0 cm³/mol. The summed E-state index contributed by atoms with van der Waals surface area (Å²) in [5, 5.41) is 23.4. The fraction of sp³-hybridized carbons (Fsp3) is 0.231. The molecule has 7 nitrogen and oxygen atoms in total. The summed E-state index contributed by atoms with van der Waals surface area (Å²) in [5.74, 6) is -0.245. The van der Waals surface area contributed by atoms with Gasteiger partial charge in [-0.15, -0.1) is 0 Å². The molecule has 0 fully saturated rings. The second kappa shape index (κ2) is 7.52. The summed E-state index contributed by atoms with van der Waals surface area (Å²) in [7, 11) is 1.44. The number of nitriles is 2. The van der Waals surface area contributed by atoms with Gasteiger partial charge in [0.15, 0.2) is 0 Å². The number of hydrazone groups is 1. The Morgan fingerprint density at radius 3 is 2.65 bits per heavy atom. The van der Waals surface area contributed by atoms with Gasteiger partial charge in [-0.2, -0.15) is 15.6 Å². The number of hydrogen-bond donors (Lipinski definition) is 2. The van der Waals surface area contributed by atoms with Gasteiger partial charge in [0, 0.05) is 12.8 Å². The van der Waals surface area contributed by atoms with E-state index >= 15 is 0 Å². The van der Waals surface area contributed by atoms with Crippen molar-refractivity contribution in [2.75, 3.05) is 24.5 Å². The zero-order valence-electron chi connectivity index (χ0n) is 11.1. The highest BCUT2D eigenvalue weighted by molar-refractivity contribution is 6.10. The largest absolute Gasteiger partial charge is 0.375 e. The molecule has 0 saturated heterocycles. The highest BCUT2D eigenvalue weighted by Gasteiger charge is 2.05. The maximum atomic E-state index is 11.4. The van der Waals surface area contributed by atoms with Crippen LogP contribution in [-0.2, 0) is 9.53 Å². The fourth-order valence-corrected chi connectivity index (χ4v) is 1.39. The van der Waals surface area contributed by atoms with Crippen LogP contribution in [0.4, 0.5) is 11.4 Å². The Kier molecular flexibility index (Phi) is 5.70. The topological polar surface area (TPSA) is 110 Å². The van der Waals surface area contributed by atoms with E-state index < -0.39 is 0 Å². The molecule has 102 valence electrons. The van der Waals surface area contributed by atoms with Crippen LogP contribution in [0.5, 0.6) is 0 Å². The van der Waals surface area contributed by atoms with Crippen LogP contribution in [0.15, 0.2) is 23.3 Å². The monoisotopic (exact) mass is 271 g/mol. The molecular weight excluding hydrogens is 258 g/mol. The third kappa shape index (κ3) is 4.41. The molecule has 0 bridgehead atoms. The van der Waals surface area contributed by atoms with Crippen molar-refractivity contribution in [3.63, 3.8) is 0 Å². The number of hydrogen-bond acceptors (Lipinski definition) is 6. The van der Waals surface area contributed by atoms with Crippen LogP contribution in [0.1, 0.15) is 5.56 Å². The van der Waals surface area contributed by atoms with Gasteiger partial charge in [-0.1, -0.05) is 0 Å². The molecule has 0 aromatic heterocycles. The number of carbonyl (C=O) groups is 1. The number of amides is 1. The number of methoxy groups -OCH3 is 1. The second-order valence-corrected chi connectivity index (χ2v) is 3.81. The lowest BCUT2D eigenvalue weighted by molar-refractivity contribution is -0.119. The van der Waals surface area contributed by atoms with Crippen LogP contribution in [-0.4, -0.2) is 25.3 Å². The lowest BCUT2D eigenvalue weighted by atomic mass is 10.2. The Bertz CT molecular complexity index is 594. The Morgan fingerprint density at radius 1 is 1.40 bits per heavy atom. The molecule has 0 unspecified atom stereocenters. The molecule has 0 atom stereocenters. The number of nitrogens with one attached hydrogen (secondary N) is 2. The van der Waals surface area contributed by atoms with Crippen molar-refractivity contribution in [3.8, 4) is 12.1 Å². The van der Waals surface area contributed by atoms with Gasteiger partial charge in [-0.05, 0) is 30.7 Å². The summed E-state index contributed by atoms with van der Waals surface area (Å²) >= 11 is 0. The molecule has 1 aromatic carbocycles. The standard InChI is InChI=1S/C13H13N5O2/c1-9-5-10(17-18-11(6-14)7-15)3-4-12(9)16-13(19)8-20-2/h3-5,17H,8H2,1-2H3,(H,16,19). The summed E-state index contributed by atoms with van der Waals surface area (Å²) in [5.41, 5.74) is 4.41. The first-order valence-corrected chi connectivity index (χ1v) is 5.64. The predicted octanol–water partition coefficient (Wildman–Crippen LogP) is 1.39. The lowest BCUT2D eigenvalue weighted by Crippen LogP contribution is -2.17. The van der Waals surface area contributed by atoms with E-state index in [-0.39, 0.29) is 18.2 Å². The zero-order valence-corrected chi connectivity index (χ0v) is 11.1. The van der Waals surface area contributed by atoms with Crippen molar-refractivity contribution in [3.05, 3.63) is 23.8 Å². The van der Waals surface area contributed by atoms with Crippen molar-refractivity contribution in [2.45, 2.75) is 6.92 Å². The quantitative estimate of drug-likeness (QED) is 0.621. The number of nitrogens with zero attached hydrogens (tertiary/aromatic N) is 3. The molecule has 0 aliphatic rings. The normalized spacial score (nSPS) is 9.00. The minimum absolute atomic E-state index is 0.0164. The molecule has 0 radical (unpaired) electrons. The number of anilines is 2. The van der Waals surface area contributed by atoms with Gasteiger partial charge >= 0.3 is 0 Å². The van der Waals surface area contributed by atoms with Gasteiger partial charge in [0.1, 0.15) is 18.7 Å². The molecule has 0 saturated carbocycles. The third-order valence-corrected chi connectivity index (χ3v) is 2.28. The first kappa shape index (κ1) is 15.2. The molecule has 0 heterocycles. The van der Waals surface area contributed by atoms with Gasteiger partial charge in [0.05, 0.1) is 5.69 Å². The minimum atomic E-state index is -0.264. The molecule has 0 spiro atoms. The van der Waals surface area contributed by atoms with Crippen molar-refractivity contribution in [1.29, 1.82) is 10.5 Å². The summed E-state index contributed by atoms with van der Waals surface area (Å²) in [4.78, 5) is 11.4. The highest BCUT2D eigenvalue weighted by atomic mass is 16.5. The number of ether oxygens (including phenoxy) is 1. The molecule has 0 aliphatic carbocycles. The summed E-state index contributed by atoms with van der Waals surface area (Å²) in [6, 6.07) is 8.39. The summed E-state index contributed by atoms with van der Waals surface area (Å²) in [6.07, 6.45) is 0. The second-order valence-electron chi connectivity index (χ2n) is 3.81. The van der Waals surface area contributed by atoms with Crippen molar-refractivity contribution < 1.29 is 9.53 Å². The van der Waals surface area contributed by atoms with E-state index in [1.54, 1.807) is 30.3 Å². The smallest absolute Gasteiger partial charge is 0.250 e. The maximum Gasteiger partial charge on any atom is 0.250 e. The van der Waals surface area contributed by atoms with Gasteiger partial charge in [-0.25, -0.2) is 0 Å². The molecule has 1 rings (SSSR count). The molecule has 1 amide bonds. The van der Waals surface area contributed by atoms with Gasteiger partial charge in [0.25, 0.3) is 0 Å². The van der Waals surface area contributed by atoms with E-state index in [0.29, 0.717) is 11.4 Å². The number of rotatable bonds is 5. The van der Waals surface area contributed by atoms with E-state index in [0.717, 1.165) is 5.56 Å². The van der Waals surface area contributed by atoms with E-state index in [4.69, 9.17) is 15.3 Å². The Morgan fingerprint density at radius 2 is 2.10 bits per heavy atom. The molecule has 1 aromatic rings. The van der Waals surface area contributed by atoms with Gasteiger partial charge in [0.2, 0.25) is 11.6 Å². The van der Waals surface area contributed by atoms with E-state index in [1.165, 1.54) is 7.11 Å². The molecule has 7 heteroatoms. The van der Waals surface area contributed by atoms with E-state index in [2.05, 4.69) is 15.8 Å². The first-order chi connectivity index (χ1) is 9.60. The Balaban J connectivity index is 2.79. The SMILES string of the molecule is COCC(=O)Nc1ccc(NN=C(C#N)C#N)cc1C. The average molecular weight is 271 g/mol. The fourth-order valence-electron chi connectivity index (χ4n) is 1.39. The minimum Gasteiger partial charge on any atom is -0.375 e. The molecular formula is C13H13N5O2. The number of carbonyl (C=O) groups excluding carboxylic acids is 1. The number of benzene rings is 1. The van der Waals surface area contributed by atoms with Crippen molar-refractivity contribution >= 4 is 23.0 Å². The third-order valence-electron chi connectivity index (χ3n) is 2.28. The number of aryl methyl sites for hydroxylation is 1. The molecule has 2 N–H and O–H groups in total. The van der Waals surface area contributed by atoms with Crippen molar-refractivity contribution in [2.24, 2.45) is 5.10 Å². The van der Waals surface area contributed by atoms with Crippen LogP contribution >= 0.6 is 0 Å². The van der Waals surface area contributed by atoms with E-state index in [1.807, 2.05) is 6.92 Å². The Labute approximate surface area is 116 Å². The van der Waals surface area contributed by atoms with Crippen LogP contribution in [0.3, 0.4) is 0 Å². The summed E-state index contributed by atoms with van der Waals surface area (Å²) in [6.45, 7) is 1.80. The highest BCUT2D eigenvalue weighted by Crippen LogP contribution is 2.19. The molecule has 0 aliphatic heterocycles. The Hall–Kier alpha value is -2.90. The zero-order chi connectivity index (χ0) is 15.0. The van der Waals surface area contributed by atoms with Crippen LogP contribution in [0.25, 0.3) is 0 Å². The van der Waals surface area contributed by atoms with Crippen LogP contribution < -0.4 is 10.7 Å². The summed E-state index contributed by atoms with van der Waals surface area (Å²) < 4.78 is 4.73.